The first-order valence-corrected chi connectivity index (χ1v) is 14.1. The van der Waals surface area contributed by atoms with E-state index in [9.17, 15) is 0 Å². The van der Waals surface area contributed by atoms with Crippen LogP contribution in [-0.4, -0.2) is 59.6 Å². The minimum absolute atomic E-state index is 0. The van der Waals surface area contributed by atoms with Crippen LogP contribution in [0.2, 0.25) is 39.3 Å². The summed E-state index contributed by atoms with van der Waals surface area (Å²) in [5.41, 5.74) is 3.90. The zero-order valence-corrected chi connectivity index (χ0v) is 20.2. The molecule has 1 aromatic rings. The van der Waals surface area contributed by atoms with Crippen molar-refractivity contribution in [2.24, 2.45) is 0 Å². The molecule has 1 nitrogen and oxygen atoms in total. The van der Waals surface area contributed by atoms with Crippen molar-refractivity contribution in [1.82, 2.24) is 4.90 Å². The standard InChI is InChI=1S/C9H12N.C7H19Si2.ClH.Sb/c1-10(2)8-9-6-4-3-5-7-9;1-8(2,3)7-9(4,5)6;;/h3-6H,8H2,1-2H3;7H,1-6H3;1H;/p-1. The molecule has 5 radical (unpaired) electrons. The van der Waals surface area contributed by atoms with Crippen molar-refractivity contribution in [3.8, 4) is 0 Å². The molecule has 0 fully saturated rings. The summed E-state index contributed by atoms with van der Waals surface area (Å²) < 4.78 is 0. The molecule has 0 aliphatic rings. The van der Waals surface area contributed by atoms with Crippen molar-refractivity contribution >= 4 is 40.6 Å². The molecular formula is C16H31ClNSbSi2-. The summed E-state index contributed by atoms with van der Waals surface area (Å²) in [6, 6.07) is 11.2. The fourth-order valence-electron chi connectivity index (χ4n) is 2.17. The van der Waals surface area contributed by atoms with E-state index in [1.807, 2.05) is 18.2 Å². The molecule has 0 saturated heterocycles. The van der Waals surface area contributed by atoms with Gasteiger partial charge in [-0.25, -0.2) is 0 Å². The SMILES string of the molecule is CN(C)Cc1[c]cccc1.C[Si](C)(C)[CH][Si](C)(C)C.[Cl-].[Sb]. The Labute approximate surface area is 158 Å². The van der Waals surface area contributed by atoms with E-state index in [1.165, 1.54) is 5.56 Å². The Morgan fingerprint density at radius 3 is 1.71 bits per heavy atom. The van der Waals surface area contributed by atoms with Gasteiger partial charge in [-0.15, -0.1) is 0 Å². The van der Waals surface area contributed by atoms with Crippen molar-refractivity contribution in [1.29, 1.82) is 0 Å². The van der Waals surface area contributed by atoms with Crippen LogP contribution in [0.5, 0.6) is 0 Å². The Balaban J connectivity index is -0.000000284. The van der Waals surface area contributed by atoms with Gasteiger partial charge in [0.15, 0.2) is 0 Å². The van der Waals surface area contributed by atoms with E-state index in [0.717, 1.165) is 6.54 Å². The number of hydrogen-bond acceptors (Lipinski definition) is 1. The molecule has 0 aromatic heterocycles. The van der Waals surface area contributed by atoms with E-state index < -0.39 is 16.1 Å². The van der Waals surface area contributed by atoms with Gasteiger partial charge in [-0.05, 0) is 25.7 Å². The molecule has 1 aromatic carbocycles. The second-order valence-electron chi connectivity index (χ2n) is 7.50. The van der Waals surface area contributed by atoms with Gasteiger partial charge in [-0.3, -0.25) is 0 Å². The first-order chi connectivity index (χ1) is 8.49. The fourth-order valence-corrected chi connectivity index (χ4v) is 12.6. The van der Waals surface area contributed by atoms with Gasteiger partial charge in [0.1, 0.15) is 0 Å². The largest absolute Gasteiger partial charge is 1.00 e. The third kappa shape index (κ3) is 20.7. The third-order valence-corrected chi connectivity index (χ3v) is 9.05. The molecule has 121 valence electrons. The Hall–Kier alpha value is 0.722. The molecule has 0 atom stereocenters. The second-order valence-corrected chi connectivity index (χ2v) is 18.1. The first-order valence-electron chi connectivity index (χ1n) is 6.97. The van der Waals surface area contributed by atoms with Crippen LogP contribution in [0.25, 0.3) is 0 Å². The van der Waals surface area contributed by atoms with Crippen molar-refractivity contribution in [2.75, 3.05) is 14.1 Å². The number of rotatable bonds is 4. The summed E-state index contributed by atoms with van der Waals surface area (Å²) in [4.78, 5) is 2.13. The van der Waals surface area contributed by atoms with E-state index >= 15 is 0 Å². The first kappa shape index (κ1) is 26.6. The van der Waals surface area contributed by atoms with Crippen molar-refractivity contribution < 1.29 is 12.4 Å². The van der Waals surface area contributed by atoms with Gasteiger partial charge in [0.2, 0.25) is 0 Å². The van der Waals surface area contributed by atoms with Crippen LogP contribution in [0, 0.1) is 11.7 Å². The van der Waals surface area contributed by atoms with Crippen LogP contribution in [0.4, 0.5) is 0 Å². The quantitative estimate of drug-likeness (QED) is 0.622. The monoisotopic (exact) mass is 449 g/mol. The molecule has 0 saturated carbocycles. The number of hydrogen-bond donors (Lipinski definition) is 0. The maximum atomic E-state index is 3.16. The zero-order chi connectivity index (χ0) is 15.1. The van der Waals surface area contributed by atoms with E-state index in [-0.39, 0.29) is 36.8 Å². The third-order valence-electron chi connectivity index (χ3n) is 2.13. The molecule has 0 N–H and O–H groups in total. The Kier molecular flexibility index (Phi) is 15.4. The number of halogens is 1. The molecule has 0 aliphatic heterocycles. The summed E-state index contributed by atoms with van der Waals surface area (Å²) in [5, 5.41) is 0. The van der Waals surface area contributed by atoms with Gasteiger partial charge in [0.05, 0.1) is 0 Å². The summed E-state index contributed by atoms with van der Waals surface area (Å²) in [7, 11) is 2.40. The minimum Gasteiger partial charge on any atom is -1.00 e. The van der Waals surface area contributed by atoms with Crippen LogP contribution in [0.15, 0.2) is 24.3 Å². The summed E-state index contributed by atoms with van der Waals surface area (Å²) in [5.74, 6) is 0. The van der Waals surface area contributed by atoms with Crippen molar-refractivity contribution in [2.45, 2.75) is 45.8 Å². The maximum Gasteiger partial charge on any atom is 0.0444 e. The molecule has 5 heteroatoms. The van der Waals surface area contributed by atoms with Gasteiger partial charge < -0.3 is 17.3 Å². The van der Waals surface area contributed by atoms with Gasteiger partial charge in [-0.1, -0.05) is 69.2 Å². The van der Waals surface area contributed by atoms with Crippen LogP contribution in [-0.2, 0) is 6.54 Å². The van der Waals surface area contributed by atoms with Crippen molar-refractivity contribution in [3.63, 3.8) is 0 Å². The summed E-state index contributed by atoms with van der Waals surface area (Å²) in [6.07, 6.45) is 0. The predicted molar refractivity (Wildman–Crippen MR) is 99.4 cm³/mol. The smallest absolute Gasteiger partial charge is 0.0444 e. The van der Waals surface area contributed by atoms with Crippen molar-refractivity contribution in [3.05, 3.63) is 41.6 Å². The van der Waals surface area contributed by atoms with Crippen LogP contribution < -0.4 is 12.4 Å². The average Bonchev–Trinajstić information content (AvgIpc) is 2.12. The summed E-state index contributed by atoms with van der Waals surface area (Å²) >= 11 is 0. The minimum atomic E-state index is -0.856. The molecule has 0 aliphatic carbocycles. The fraction of sp³-hybridized carbons (Fsp3) is 0.562. The van der Waals surface area contributed by atoms with Gasteiger partial charge in [-0.2, -0.15) is 0 Å². The van der Waals surface area contributed by atoms with Gasteiger partial charge in [0.25, 0.3) is 0 Å². The molecule has 21 heavy (non-hydrogen) atoms. The number of benzene rings is 1. The Morgan fingerprint density at radius 1 is 1.00 bits per heavy atom. The molecule has 0 amide bonds. The molecule has 0 bridgehead atoms. The summed E-state index contributed by atoms with van der Waals surface area (Å²) in [6.45, 7) is 15.4. The van der Waals surface area contributed by atoms with E-state index in [4.69, 9.17) is 0 Å². The van der Waals surface area contributed by atoms with Gasteiger partial charge in [0, 0.05) is 47.1 Å². The average molecular weight is 451 g/mol. The van der Waals surface area contributed by atoms with Crippen LogP contribution in [0.3, 0.4) is 0 Å². The molecule has 1 rings (SSSR count). The Bertz CT molecular complexity index is 334. The second kappa shape index (κ2) is 12.2. The molecule has 0 heterocycles. The Morgan fingerprint density at radius 2 is 1.48 bits per heavy atom. The number of nitrogens with zero attached hydrogens (tertiary/aromatic N) is 1. The van der Waals surface area contributed by atoms with Gasteiger partial charge >= 0.3 is 0 Å². The maximum absolute atomic E-state index is 3.16. The topological polar surface area (TPSA) is 3.24 Å². The molecule has 0 spiro atoms. The van der Waals surface area contributed by atoms with Crippen LogP contribution in [0.1, 0.15) is 5.56 Å². The van der Waals surface area contributed by atoms with E-state index in [0.29, 0.717) is 0 Å². The van der Waals surface area contributed by atoms with E-state index in [1.54, 1.807) is 0 Å². The molecular weight excluding hydrogens is 420 g/mol. The zero-order valence-electron chi connectivity index (χ0n) is 14.9. The van der Waals surface area contributed by atoms with Crippen LogP contribution >= 0.6 is 0 Å². The molecule has 0 unspecified atom stereocenters. The predicted octanol–water partition coefficient (Wildman–Crippen LogP) is 1.12. The normalized spacial score (nSPS) is 10.9. The van der Waals surface area contributed by atoms with E-state index in [2.05, 4.69) is 76.1 Å².